The van der Waals surface area contributed by atoms with Crippen LogP contribution in [0.2, 0.25) is 0 Å². The molecule has 0 spiro atoms. The smallest absolute Gasteiger partial charge is 0.333 e. The summed E-state index contributed by atoms with van der Waals surface area (Å²) in [6, 6.07) is 0. The first-order chi connectivity index (χ1) is 9.13. The SMILES string of the molecule is C=C(C)C(=O)OCCC(C)C.COC(=O)C(C)=C(C)C. The highest BCUT2D eigenvalue weighted by atomic mass is 16.5. The van der Waals surface area contributed by atoms with Crippen LogP contribution in [0.3, 0.4) is 0 Å². The zero-order valence-electron chi connectivity index (χ0n) is 13.8. The van der Waals surface area contributed by atoms with Crippen molar-refractivity contribution in [3.05, 3.63) is 23.3 Å². The summed E-state index contributed by atoms with van der Waals surface area (Å²) in [4.78, 5) is 21.5. The number of carbonyl (C=O) groups excluding carboxylic acids is 2. The second-order valence-corrected chi connectivity index (χ2v) is 5.22. The summed E-state index contributed by atoms with van der Waals surface area (Å²) in [5.74, 6) is 0.0496. The number of rotatable bonds is 5. The van der Waals surface area contributed by atoms with E-state index in [4.69, 9.17) is 4.74 Å². The second kappa shape index (κ2) is 11.3. The number of hydrogen-bond donors (Lipinski definition) is 0. The predicted octanol–water partition coefficient (Wildman–Crippen LogP) is 3.67. The quantitative estimate of drug-likeness (QED) is 0.571. The van der Waals surface area contributed by atoms with Crippen molar-refractivity contribution < 1.29 is 19.1 Å². The Labute approximate surface area is 122 Å². The highest BCUT2D eigenvalue weighted by molar-refractivity contribution is 5.88. The molecule has 20 heavy (non-hydrogen) atoms. The molecule has 0 aromatic heterocycles. The molecule has 0 amide bonds. The molecule has 0 rings (SSSR count). The van der Waals surface area contributed by atoms with Crippen LogP contribution in [0.15, 0.2) is 23.3 Å². The maximum Gasteiger partial charge on any atom is 0.333 e. The average Bonchev–Trinajstić information content (AvgIpc) is 2.36. The summed E-state index contributed by atoms with van der Waals surface area (Å²) < 4.78 is 9.35. The lowest BCUT2D eigenvalue weighted by molar-refractivity contribution is -0.139. The van der Waals surface area contributed by atoms with Crippen LogP contribution in [0.1, 0.15) is 48.0 Å². The minimum absolute atomic E-state index is 0.241. The van der Waals surface area contributed by atoms with Gasteiger partial charge in [0.05, 0.1) is 13.7 Å². The third kappa shape index (κ3) is 11.5. The molecule has 0 atom stereocenters. The van der Waals surface area contributed by atoms with E-state index in [-0.39, 0.29) is 11.9 Å². The maximum atomic E-state index is 10.8. The lowest BCUT2D eigenvalue weighted by Gasteiger charge is -2.05. The van der Waals surface area contributed by atoms with Gasteiger partial charge in [-0.15, -0.1) is 0 Å². The molecule has 0 fully saturated rings. The first kappa shape index (κ1) is 20.7. The van der Waals surface area contributed by atoms with Gasteiger partial charge in [0.2, 0.25) is 0 Å². The molecule has 0 saturated carbocycles. The average molecular weight is 284 g/mol. The molecule has 0 bridgehead atoms. The van der Waals surface area contributed by atoms with Crippen LogP contribution in [-0.2, 0) is 19.1 Å². The fourth-order valence-corrected chi connectivity index (χ4v) is 0.868. The van der Waals surface area contributed by atoms with E-state index in [0.717, 1.165) is 12.0 Å². The molecule has 0 aromatic rings. The molecule has 0 radical (unpaired) electrons. The lowest BCUT2D eigenvalue weighted by atomic mass is 10.1. The Bertz CT molecular complexity index is 361. The van der Waals surface area contributed by atoms with Crippen LogP contribution in [0, 0.1) is 5.92 Å². The van der Waals surface area contributed by atoms with Crippen LogP contribution >= 0.6 is 0 Å². The van der Waals surface area contributed by atoms with Crippen LogP contribution < -0.4 is 0 Å². The highest BCUT2D eigenvalue weighted by Gasteiger charge is 2.03. The van der Waals surface area contributed by atoms with Gasteiger partial charge in [0.15, 0.2) is 0 Å². The summed E-state index contributed by atoms with van der Waals surface area (Å²) in [6.07, 6.45) is 0.916. The summed E-state index contributed by atoms with van der Waals surface area (Å²) in [7, 11) is 1.38. The molecule has 0 aliphatic carbocycles. The van der Waals surface area contributed by atoms with Crippen LogP contribution in [0.5, 0.6) is 0 Å². The summed E-state index contributed by atoms with van der Waals surface area (Å²) in [5.41, 5.74) is 2.16. The molecule has 4 nitrogen and oxygen atoms in total. The van der Waals surface area contributed by atoms with E-state index in [2.05, 4.69) is 25.2 Å². The van der Waals surface area contributed by atoms with Gasteiger partial charge in [-0.25, -0.2) is 9.59 Å². The van der Waals surface area contributed by atoms with E-state index in [1.807, 2.05) is 13.8 Å². The normalized spacial score (nSPS) is 9.20. The molecule has 116 valence electrons. The Morgan fingerprint density at radius 1 is 1.05 bits per heavy atom. The third-order valence-corrected chi connectivity index (χ3v) is 2.52. The first-order valence-corrected chi connectivity index (χ1v) is 6.68. The van der Waals surface area contributed by atoms with Gasteiger partial charge in [0.1, 0.15) is 0 Å². The third-order valence-electron chi connectivity index (χ3n) is 2.52. The van der Waals surface area contributed by atoms with Gasteiger partial charge in [0, 0.05) is 11.1 Å². The molecule has 0 N–H and O–H groups in total. The minimum Gasteiger partial charge on any atom is -0.466 e. The highest BCUT2D eigenvalue weighted by Crippen LogP contribution is 2.02. The van der Waals surface area contributed by atoms with Crippen LogP contribution in [0.4, 0.5) is 0 Å². The van der Waals surface area contributed by atoms with Gasteiger partial charge in [-0.1, -0.05) is 26.0 Å². The van der Waals surface area contributed by atoms with E-state index < -0.39 is 0 Å². The van der Waals surface area contributed by atoms with Crippen molar-refractivity contribution in [2.24, 2.45) is 5.92 Å². The van der Waals surface area contributed by atoms with E-state index >= 15 is 0 Å². The number of allylic oxidation sites excluding steroid dienone is 1. The molecule has 0 aliphatic rings. The van der Waals surface area contributed by atoms with Gasteiger partial charge < -0.3 is 9.47 Å². The molecular weight excluding hydrogens is 256 g/mol. The van der Waals surface area contributed by atoms with Crippen molar-refractivity contribution in [1.29, 1.82) is 0 Å². The van der Waals surface area contributed by atoms with Gasteiger partial charge in [-0.3, -0.25) is 0 Å². The van der Waals surface area contributed by atoms with Gasteiger partial charge in [0.25, 0.3) is 0 Å². The van der Waals surface area contributed by atoms with Crippen molar-refractivity contribution in [1.82, 2.24) is 0 Å². The zero-order chi connectivity index (χ0) is 16.3. The Morgan fingerprint density at radius 3 is 1.80 bits per heavy atom. The Balaban J connectivity index is 0. The monoisotopic (exact) mass is 284 g/mol. The largest absolute Gasteiger partial charge is 0.466 e. The summed E-state index contributed by atoms with van der Waals surface area (Å²) in [6.45, 7) is 15.3. The van der Waals surface area contributed by atoms with E-state index in [1.54, 1.807) is 13.8 Å². The van der Waals surface area contributed by atoms with Gasteiger partial charge in [-0.2, -0.15) is 0 Å². The number of methoxy groups -OCH3 is 1. The molecule has 4 heteroatoms. The molecule has 0 heterocycles. The number of esters is 2. The standard InChI is InChI=1S/C9H16O2.C7H12O2/c1-7(2)5-6-11-9(10)8(3)4;1-5(2)6(3)7(8)9-4/h7H,3,5-6H2,1-2,4H3;1-4H3. The van der Waals surface area contributed by atoms with E-state index in [0.29, 0.717) is 23.7 Å². The topological polar surface area (TPSA) is 52.6 Å². The Kier molecular flexibility index (Phi) is 11.7. The zero-order valence-corrected chi connectivity index (χ0v) is 13.8. The van der Waals surface area contributed by atoms with Crippen molar-refractivity contribution in [3.63, 3.8) is 0 Å². The van der Waals surface area contributed by atoms with Crippen molar-refractivity contribution in [2.45, 2.75) is 48.0 Å². The second-order valence-electron chi connectivity index (χ2n) is 5.22. The number of hydrogen-bond acceptors (Lipinski definition) is 4. The van der Waals surface area contributed by atoms with Crippen molar-refractivity contribution in [2.75, 3.05) is 13.7 Å². The fourth-order valence-electron chi connectivity index (χ4n) is 0.868. The Morgan fingerprint density at radius 2 is 1.55 bits per heavy atom. The molecule has 0 saturated heterocycles. The maximum absolute atomic E-state index is 10.8. The predicted molar refractivity (Wildman–Crippen MR) is 81.3 cm³/mol. The summed E-state index contributed by atoms with van der Waals surface area (Å²) in [5, 5.41) is 0. The van der Waals surface area contributed by atoms with Crippen molar-refractivity contribution in [3.8, 4) is 0 Å². The van der Waals surface area contributed by atoms with Gasteiger partial charge >= 0.3 is 11.9 Å². The molecule has 0 aliphatic heterocycles. The first-order valence-electron chi connectivity index (χ1n) is 6.68. The molecule has 0 aromatic carbocycles. The summed E-state index contributed by atoms with van der Waals surface area (Å²) >= 11 is 0. The van der Waals surface area contributed by atoms with Crippen molar-refractivity contribution >= 4 is 11.9 Å². The number of carbonyl (C=O) groups is 2. The lowest BCUT2D eigenvalue weighted by Crippen LogP contribution is -2.07. The van der Waals surface area contributed by atoms with E-state index in [9.17, 15) is 9.59 Å². The molecular formula is C16H28O4. The van der Waals surface area contributed by atoms with Crippen LogP contribution in [0.25, 0.3) is 0 Å². The fraction of sp³-hybridized carbons (Fsp3) is 0.625. The van der Waals surface area contributed by atoms with Crippen LogP contribution in [-0.4, -0.2) is 25.7 Å². The number of ether oxygens (including phenoxy) is 2. The minimum atomic E-state index is -0.286. The molecule has 0 unspecified atom stereocenters. The van der Waals surface area contributed by atoms with Gasteiger partial charge in [-0.05, 0) is 40.0 Å². The Hall–Kier alpha value is -1.58. The van der Waals surface area contributed by atoms with E-state index in [1.165, 1.54) is 7.11 Å².